The average molecular weight is 256 g/mol. The van der Waals surface area contributed by atoms with E-state index in [9.17, 15) is 9.59 Å². The molecule has 2 atom stereocenters. The predicted molar refractivity (Wildman–Crippen MR) is 70.1 cm³/mol. The minimum absolute atomic E-state index is 0.0684. The second-order valence-electron chi connectivity index (χ2n) is 4.64. The minimum Gasteiger partial charge on any atom is -0.463 e. The molecule has 0 bridgehead atoms. The third kappa shape index (κ3) is 6.42. The summed E-state index contributed by atoms with van der Waals surface area (Å²) in [5.41, 5.74) is -0.639. The maximum atomic E-state index is 11.5. The Bertz CT molecular complexity index is 298. The van der Waals surface area contributed by atoms with Crippen molar-refractivity contribution in [3.05, 3.63) is 12.7 Å². The van der Waals surface area contributed by atoms with Gasteiger partial charge in [0.2, 0.25) is 0 Å². The molecule has 0 aliphatic rings. The van der Waals surface area contributed by atoms with Crippen LogP contribution < -0.4 is 0 Å². The maximum Gasteiger partial charge on any atom is 0.330 e. The van der Waals surface area contributed by atoms with Crippen molar-refractivity contribution in [1.82, 2.24) is 0 Å². The van der Waals surface area contributed by atoms with Gasteiger partial charge in [-0.25, -0.2) is 4.79 Å². The average Bonchev–Trinajstić information content (AvgIpc) is 2.36. The zero-order valence-electron chi connectivity index (χ0n) is 11.8. The molecule has 0 heterocycles. The zero-order valence-corrected chi connectivity index (χ0v) is 11.8. The molecule has 0 aliphatic carbocycles. The number of ether oxygens (including phenoxy) is 2. The van der Waals surface area contributed by atoms with E-state index in [1.54, 1.807) is 0 Å². The van der Waals surface area contributed by atoms with Crippen LogP contribution in [0.1, 0.15) is 53.4 Å². The minimum atomic E-state index is -0.639. The van der Waals surface area contributed by atoms with Crippen LogP contribution in [-0.4, -0.2) is 23.6 Å². The smallest absolute Gasteiger partial charge is 0.330 e. The van der Waals surface area contributed by atoms with Gasteiger partial charge >= 0.3 is 11.9 Å². The molecule has 0 aromatic heterocycles. The Morgan fingerprint density at radius 3 is 2.44 bits per heavy atom. The fourth-order valence-corrected chi connectivity index (χ4v) is 1.32. The van der Waals surface area contributed by atoms with Crippen molar-refractivity contribution in [2.75, 3.05) is 0 Å². The number of hydrogen-bond acceptors (Lipinski definition) is 4. The van der Waals surface area contributed by atoms with Gasteiger partial charge in [0.15, 0.2) is 0 Å². The molecule has 0 N–H and O–H groups in total. The molecule has 0 aliphatic heterocycles. The zero-order chi connectivity index (χ0) is 14.2. The Morgan fingerprint density at radius 1 is 1.39 bits per heavy atom. The van der Waals surface area contributed by atoms with Gasteiger partial charge in [0.05, 0.1) is 6.10 Å². The van der Waals surface area contributed by atoms with Crippen LogP contribution in [0.15, 0.2) is 12.7 Å². The van der Waals surface area contributed by atoms with Gasteiger partial charge in [-0.05, 0) is 33.1 Å². The normalized spacial score (nSPS) is 15.3. The van der Waals surface area contributed by atoms with E-state index in [-0.39, 0.29) is 18.5 Å². The van der Waals surface area contributed by atoms with Crippen LogP contribution in [0.25, 0.3) is 0 Å². The van der Waals surface area contributed by atoms with Crippen LogP contribution in [0.4, 0.5) is 0 Å². The highest BCUT2D eigenvalue weighted by Crippen LogP contribution is 2.22. The summed E-state index contributed by atoms with van der Waals surface area (Å²) in [6.07, 6.45) is 3.20. The molecule has 4 heteroatoms. The molecule has 0 fully saturated rings. The number of carbonyl (C=O) groups excluding carboxylic acids is 2. The SMILES string of the molecule is C=CC(=O)OC(C)(CC)CCC(=O)OC(C)CC. The van der Waals surface area contributed by atoms with Crippen molar-refractivity contribution in [3.8, 4) is 0 Å². The molecule has 0 spiro atoms. The summed E-state index contributed by atoms with van der Waals surface area (Å²) < 4.78 is 10.4. The highest BCUT2D eigenvalue weighted by molar-refractivity contribution is 5.81. The van der Waals surface area contributed by atoms with Crippen molar-refractivity contribution in [2.45, 2.75) is 65.1 Å². The van der Waals surface area contributed by atoms with E-state index in [0.717, 1.165) is 12.5 Å². The highest BCUT2D eigenvalue weighted by Gasteiger charge is 2.27. The molecule has 0 aromatic carbocycles. The first-order valence-corrected chi connectivity index (χ1v) is 6.41. The molecular formula is C14H24O4. The lowest BCUT2D eigenvalue weighted by molar-refractivity contribution is -0.158. The first kappa shape index (κ1) is 16.7. The lowest BCUT2D eigenvalue weighted by Crippen LogP contribution is -2.31. The first-order chi connectivity index (χ1) is 8.36. The lowest BCUT2D eigenvalue weighted by Gasteiger charge is -2.27. The van der Waals surface area contributed by atoms with Crippen LogP contribution in [0.2, 0.25) is 0 Å². The van der Waals surface area contributed by atoms with Gasteiger partial charge in [0.1, 0.15) is 5.60 Å². The third-order valence-corrected chi connectivity index (χ3v) is 3.03. The Labute approximate surface area is 109 Å². The molecule has 104 valence electrons. The summed E-state index contributed by atoms with van der Waals surface area (Å²) in [5, 5.41) is 0. The molecule has 18 heavy (non-hydrogen) atoms. The van der Waals surface area contributed by atoms with Crippen LogP contribution in [0.3, 0.4) is 0 Å². The lowest BCUT2D eigenvalue weighted by atomic mass is 9.97. The summed E-state index contributed by atoms with van der Waals surface area (Å²) in [7, 11) is 0. The molecular weight excluding hydrogens is 232 g/mol. The molecule has 0 rings (SSSR count). The van der Waals surface area contributed by atoms with Crippen LogP contribution in [0, 0.1) is 0 Å². The summed E-state index contributed by atoms with van der Waals surface area (Å²) in [6.45, 7) is 10.9. The molecule has 0 saturated heterocycles. The molecule has 0 saturated carbocycles. The van der Waals surface area contributed by atoms with E-state index >= 15 is 0 Å². The van der Waals surface area contributed by atoms with Gasteiger partial charge in [-0.2, -0.15) is 0 Å². The summed E-state index contributed by atoms with van der Waals surface area (Å²) >= 11 is 0. The number of esters is 2. The summed E-state index contributed by atoms with van der Waals surface area (Å²) in [6, 6.07) is 0. The van der Waals surface area contributed by atoms with Gasteiger partial charge in [0, 0.05) is 12.5 Å². The van der Waals surface area contributed by atoms with Gasteiger partial charge < -0.3 is 9.47 Å². The standard InChI is InChI=1S/C14H24O4/c1-6-11(4)17-13(16)9-10-14(5,8-3)18-12(15)7-2/h7,11H,2,6,8-10H2,1,3-5H3. The molecule has 0 amide bonds. The van der Waals surface area contributed by atoms with Crippen molar-refractivity contribution in [2.24, 2.45) is 0 Å². The van der Waals surface area contributed by atoms with E-state index in [0.29, 0.717) is 12.8 Å². The van der Waals surface area contributed by atoms with Crippen molar-refractivity contribution in [3.63, 3.8) is 0 Å². The van der Waals surface area contributed by atoms with E-state index in [2.05, 4.69) is 6.58 Å². The highest BCUT2D eigenvalue weighted by atomic mass is 16.6. The second-order valence-corrected chi connectivity index (χ2v) is 4.64. The van der Waals surface area contributed by atoms with Crippen molar-refractivity contribution < 1.29 is 19.1 Å². The van der Waals surface area contributed by atoms with Crippen molar-refractivity contribution in [1.29, 1.82) is 0 Å². The first-order valence-electron chi connectivity index (χ1n) is 6.41. The molecule has 0 aromatic rings. The Kier molecular flexibility index (Phi) is 7.32. The summed E-state index contributed by atoms with van der Waals surface area (Å²) in [4.78, 5) is 22.7. The number of hydrogen-bond donors (Lipinski definition) is 0. The maximum absolute atomic E-state index is 11.5. The van der Waals surface area contributed by atoms with Crippen LogP contribution in [-0.2, 0) is 19.1 Å². The molecule has 0 radical (unpaired) electrons. The topological polar surface area (TPSA) is 52.6 Å². The Morgan fingerprint density at radius 2 is 2.00 bits per heavy atom. The Balaban J connectivity index is 4.24. The van der Waals surface area contributed by atoms with E-state index in [4.69, 9.17) is 9.47 Å². The second kappa shape index (κ2) is 7.90. The van der Waals surface area contributed by atoms with E-state index in [1.807, 2.05) is 27.7 Å². The molecule has 2 unspecified atom stereocenters. The third-order valence-electron chi connectivity index (χ3n) is 3.03. The molecule has 4 nitrogen and oxygen atoms in total. The predicted octanol–water partition coefficient (Wildman–Crippen LogP) is 3.01. The van der Waals surface area contributed by atoms with Crippen molar-refractivity contribution >= 4 is 11.9 Å². The fourth-order valence-electron chi connectivity index (χ4n) is 1.32. The van der Waals surface area contributed by atoms with Gasteiger partial charge in [-0.3, -0.25) is 4.79 Å². The van der Waals surface area contributed by atoms with Crippen LogP contribution in [0.5, 0.6) is 0 Å². The van der Waals surface area contributed by atoms with E-state index in [1.165, 1.54) is 0 Å². The number of rotatable bonds is 8. The largest absolute Gasteiger partial charge is 0.463 e. The Hall–Kier alpha value is -1.32. The summed E-state index contributed by atoms with van der Waals surface area (Å²) in [5.74, 6) is -0.715. The number of carbonyl (C=O) groups is 2. The quantitative estimate of drug-likeness (QED) is 0.495. The monoisotopic (exact) mass is 256 g/mol. The van der Waals surface area contributed by atoms with Gasteiger partial charge in [-0.1, -0.05) is 20.4 Å². The van der Waals surface area contributed by atoms with Crippen LogP contribution >= 0.6 is 0 Å². The van der Waals surface area contributed by atoms with E-state index < -0.39 is 11.6 Å². The van der Waals surface area contributed by atoms with Gasteiger partial charge in [-0.15, -0.1) is 0 Å². The fraction of sp³-hybridized carbons (Fsp3) is 0.714. The van der Waals surface area contributed by atoms with Gasteiger partial charge in [0.25, 0.3) is 0 Å².